The fraction of sp³-hybridized carbons (Fsp3) is 0.929. The van der Waals surface area contributed by atoms with Crippen LogP contribution >= 0.6 is 0 Å². The molecular weight excluding hydrogens is 226 g/mol. The molecule has 2 atom stereocenters. The van der Waals surface area contributed by atoms with Gasteiger partial charge in [0.1, 0.15) is 0 Å². The van der Waals surface area contributed by atoms with E-state index >= 15 is 0 Å². The van der Waals surface area contributed by atoms with Crippen LogP contribution in [0.15, 0.2) is 0 Å². The van der Waals surface area contributed by atoms with E-state index in [1.165, 1.54) is 13.0 Å². The van der Waals surface area contributed by atoms with E-state index in [2.05, 4.69) is 35.9 Å². The Labute approximate surface area is 111 Å². The van der Waals surface area contributed by atoms with Crippen molar-refractivity contribution < 1.29 is 4.79 Å². The van der Waals surface area contributed by atoms with Gasteiger partial charge >= 0.3 is 0 Å². The normalized spacial score (nSPS) is 29.8. The third-order valence-electron chi connectivity index (χ3n) is 4.15. The first kappa shape index (κ1) is 13.8. The number of hydrogen-bond acceptors (Lipinski definition) is 3. The molecule has 1 N–H and O–H groups in total. The Balaban J connectivity index is 1.88. The lowest BCUT2D eigenvalue weighted by Gasteiger charge is -2.28. The number of amides is 1. The number of nitrogens with one attached hydrogen (secondary N) is 1. The summed E-state index contributed by atoms with van der Waals surface area (Å²) in [5.74, 6) is 1.59. The Morgan fingerprint density at radius 1 is 1.44 bits per heavy atom. The highest BCUT2D eigenvalue weighted by Gasteiger charge is 2.33. The first-order valence-electron chi connectivity index (χ1n) is 7.35. The highest BCUT2D eigenvalue weighted by atomic mass is 16.2. The maximum atomic E-state index is 12.0. The van der Waals surface area contributed by atoms with Gasteiger partial charge in [-0.05, 0) is 37.8 Å². The number of carbonyl (C=O) groups is 1. The molecule has 0 aromatic rings. The van der Waals surface area contributed by atoms with Crippen molar-refractivity contribution in [2.45, 2.75) is 39.8 Å². The van der Waals surface area contributed by atoms with Crippen molar-refractivity contribution in [3.05, 3.63) is 0 Å². The fourth-order valence-corrected chi connectivity index (χ4v) is 3.10. The molecule has 0 radical (unpaired) electrons. The minimum Gasteiger partial charge on any atom is -0.326 e. The third kappa shape index (κ3) is 3.23. The van der Waals surface area contributed by atoms with Crippen molar-refractivity contribution in [3.63, 3.8) is 0 Å². The molecule has 0 aromatic carbocycles. The predicted octanol–water partition coefficient (Wildman–Crippen LogP) is 1.13. The number of hydrogen-bond donors (Lipinski definition) is 1. The number of rotatable bonds is 5. The van der Waals surface area contributed by atoms with Gasteiger partial charge in [-0.15, -0.1) is 0 Å². The quantitative estimate of drug-likeness (QED) is 0.798. The van der Waals surface area contributed by atoms with E-state index in [1.54, 1.807) is 0 Å². The maximum Gasteiger partial charge on any atom is 0.237 e. The summed E-state index contributed by atoms with van der Waals surface area (Å²) in [6.45, 7) is 11.6. The van der Waals surface area contributed by atoms with Gasteiger partial charge in [0.2, 0.25) is 5.91 Å². The Morgan fingerprint density at radius 2 is 2.22 bits per heavy atom. The van der Waals surface area contributed by atoms with Crippen LogP contribution in [0, 0.1) is 11.8 Å². The molecule has 0 spiro atoms. The van der Waals surface area contributed by atoms with Crippen molar-refractivity contribution in [1.82, 2.24) is 15.1 Å². The van der Waals surface area contributed by atoms with Crippen LogP contribution < -0.4 is 5.32 Å². The minimum absolute atomic E-state index is 0.271. The Hall–Kier alpha value is -0.610. The molecule has 18 heavy (non-hydrogen) atoms. The molecule has 2 saturated heterocycles. The smallest absolute Gasteiger partial charge is 0.237 e. The Kier molecular flexibility index (Phi) is 4.62. The summed E-state index contributed by atoms with van der Waals surface area (Å²) in [4.78, 5) is 16.5. The standard InChI is InChI=1S/C14H27N3O/c1-4-16-6-5-12(9-16)10-17-13(7-11(2)3)15-8-14(17)18/h11-13,15H,4-10H2,1-3H3. The molecule has 104 valence electrons. The van der Waals surface area contributed by atoms with Gasteiger partial charge < -0.3 is 9.80 Å². The van der Waals surface area contributed by atoms with Crippen molar-refractivity contribution in [1.29, 1.82) is 0 Å². The summed E-state index contributed by atoms with van der Waals surface area (Å²) in [5, 5.41) is 3.35. The lowest BCUT2D eigenvalue weighted by molar-refractivity contribution is -0.128. The van der Waals surface area contributed by atoms with Gasteiger partial charge in [-0.1, -0.05) is 20.8 Å². The van der Waals surface area contributed by atoms with Crippen LogP contribution in [0.3, 0.4) is 0 Å². The van der Waals surface area contributed by atoms with Crippen LogP contribution in [-0.4, -0.2) is 54.6 Å². The molecule has 2 rings (SSSR count). The van der Waals surface area contributed by atoms with E-state index in [9.17, 15) is 4.79 Å². The molecule has 2 aliphatic heterocycles. The fourth-order valence-electron chi connectivity index (χ4n) is 3.10. The maximum absolute atomic E-state index is 12.0. The second-order valence-corrected chi connectivity index (χ2v) is 6.12. The molecule has 0 saturated carbocycles. The summed E-state index contributed by atoms with van der Waals surface area (Å²) < 4.78 is 0. The molecule has 0 bridgehead atoms. The zero-order chi connectivity index (χ0) is 13.1. The van der Waals surface area contributed by atoms with Crippen LogP contribution in [0.5, 0.6) is 0 Å². The largest absolute Gasteiger partial charge is 0.326 e. The Bertz CT molecular complexity index is 293. The average Bonchev–Trinajstić information content (AvgIpc) is 2.90. The molecule has 2 unspecified atom stereocenters. The summed E-state index contributed by atoms with van der Waals surface area (Å²) in [7, 11) is 0. The second-order valence-electron chi connectivity index (χ2n) is 6.12. The summed E-state index contributed by atoms with van der Waals surface area (Å²) in [5.41, 5.74) is 0. The van der Waals surface area contributed by atoms with Crippen molar-refractivity contribution >= 4 is 5.91 Å². The number of carbonyl (C=O) groups excluding carboxylic acids is 1. The molecule has 1 amide bonds. The van der Waals surface area contributed by atoms with E-state index in [4.69, 9.17) is 0 Å². The summed E-state index contributed by atoms with van der Waals surface area (Å²) in [6.07, 6.45) is 2.58. The van der Waals surface area contributed by atoms with E-state index in [0.717, 1.165) is 26.1 Å². The van der Waals surface area contributed by atoms with E-state index in [0.29, 0.717) is 18.4 Å². The van der Waals surface area contributed by atoms with E-state index in [-0.39, 0.29) is 12.1 Å². The highest BCUT2D eigenvalue weighted by molar-refractivity contribution is 5.80. The van der Waals surface area contributed by atoms with Gasteiger partial charge in [0.05, 0.1) is 12.7 Å². The molecule has 2 heterocycles. The minimum atomic E-state index is 0.271. The molecule has 4 heteroatoms. The average molecular weight is 253 g/mol. The lowest BCUT2D eigenvalue weighted by atomic mass is 10.1. The summed E-state index contributed by atoms with van der Waals surface area (Å²) in [6, 6.07) is 0. The predicted molar refractivity (Wildman–Crippen MR) is 73.2 cm³/mol. The first-order chi connectivity index (χ1) is 8.60. The van der Waals surface area contributed by atoms with Gasteiger partial charge in [0, 0.05) is 13.1 Å². The molecule has 4 nitrogen and oxygen atoms in total. The zero-order valence-electron chi connectivity index (χ0n) is 12.0. The van der Waals surface area contributed by atoms with Crippen molar-refractivity contribution in [2.75, 3.05) is 32.7 Å². The van der Waals surface area contributed by atoms with Gasteiger partial charge in [0.25, 0.3) is 0 Å². The SMILES string of the molecule is CCN1CCC(CN2C(=O)CNC2CC(C)C)C1. The van der Waals surface area contributed by atoms with Crippen LogP contribution in [-0.2, 0) is 4.79 Å². The molecule has 2 aliphatic rings. The van der Waals surface area contributed by atoms with Crippen molar-refractivity contribution in [2.24, 2.45) is 11.8 Å². The summed E-state index contributed by atoms with van der Waals surface area (Å²) >= 11 is 0. The Morgan fingerprint density at radius 3 is 2.83 bits per heavy atom. The lowest BCUT2D eigenvalue weighted by Crippen LogP contribution is -2.41. The van der Waals surface area contributed by atoms with Crippen LogP contribution in [0.25, 0.3) is 0 Å². The van der Waals surface area contributed by atoms with Gasteiger partial charge in [-0.25, -0.2) is 0 Å². The van der Waals surface area contributed by atoms with Crippen LogP contribution in [0.2, 0.25) is 0 Å². The first-order valence-corrected chi connectivity index (χ1v) is 7.35. The van der Waals surface area contributed by atoms with Gasteiger partial charge in [-0.2, -0.15) is 0 Å². The third-order valence-corrected chi connectivity index (χ3v) is 4.15. The topological polar surface area (TPSA) is 35.6 Å². The molecular formula is C14H27N3O. The van der Waals surface area contributed by atoms with Crippen LogP contribution in [0.1, 0.15) is 33.6 Å². The van der Waals surface area contributed by atoms with Gasteiger partial charge in [0.15, 0.2) is 0 Å². The zero-order valence-corrected chi connectivity index (χ0v) is 12.0. The molecule has 0 aromatic heterocycles. The second kappa shape index (κ2) is 6.02. The van der Waals surface area contributed by atoms with Gasteiger partial charge in [-0.3, -0.25) is 10.1 Å². The number of nitrogens with zero attached hydrogens (tertiary/aromatic N) is 2. The monoisotopic (exact) mass is 253 g/mol. The van der Waals surface area contributed by atoms with Crippen LogP contribution in [0.4, 0.5) is 0 Å². The van der Waals surface area contributed by atoms with E-state index < -0.39 is 0 Å². The van der Waals surface area contributed by atoms with Crippen molar-refractivity contribution in [3.8, 4) is 0 Å². The molecule has 0 aliphatic carbocycles. The highest BCUT2D eigenvalue weighted by Crippen LogP contribution is 2.21. The van der Waals surface area contributed by atoms with E-state index in [1.807, 2.05) is 0 Å². The number of likely N-dealkylation sites (tertiary alicyclic amines) is 1. The molecule has 2 fully saturated rings.